The van der Waals surface area contributed by atoms with E-state index in [2.05, 4.69) is 41.5 Å². The Labute approximate surface area is 123 Å². The topological polar surface area (TPSA) is 45.2 Å². The van der Waals surface area contributed by atoms with Crippen LogP contribution in [0.4, 0.5) is 0 Å². The molecule has 6 heteroatoms. The quantitative estimate of drug-likeness (QED) is 0.697. The van der Waals surface area contributed by atoms with Crippen LogP contribution in [0, 0.1) is 11.3 Å². The first-order valence-electron chi connectivity index (χ1n) is 7.29. The van der Waals surface area contributed by atoms with Gasteiger partial charge in [0.1, 0.15) is 13.2 Å². The third-order valence-electron chi connectivity index (χ3n) is 3.25. The molecule has 3 aliphatic heterocycles. The number of fused-ring (bicyclic) bond motifs is 2. The predicted molar refractivity (Wildman–Crippen MR) is 80.4 cm³/mol. The molecule has 5 nitrogen and oxygen atoms in total. The van der Waals surface area contributed by atoms with E-state index in [9.17, 15) is 4.89 Å². The first-order chi connectivity index (χ1) is 9.23. The SMILES string of the molecule is CC(C)(C)C1COC2=C3OCCN3P(O)N21.CC(C)C. The molecule has 2 unspecified atom stereocenters. The van der Waals surface area contributed by atoms with Gasteiger partial charge in [0.2, 0.25) is 0 Å². The lowest BCUT2D eigenvalue weighted by Crippen LogP contribution is -2.37. The lowest BCUT2D eigenvalue weighted by molar-refractivity contribution is 0.181. The van der Waals surface area contributed by atoms with Gasteiger partial charge in [-0.05, 0) is 11.3 Å². The number of rotatable bonds is 0. The van der Waals surface area contributed by atoms with E-state index in [1.165, 1.54) is 0 Å². The van der Waals surface area contributed by atoms with Crippen molar-refractivity contribution in [2.45, 2.75) is 47.6 Å². The summed E-state index contributed by atoms with van der Waals surface area (Å²) >= 11 is 0. The average molecular weight is 302 g/mol. The van der Waals surface area contributed by atoms with Crippen LogP contribution in [0.15, 0.2) is 11.8 Å². The van der Waals surface area contributed by atoms with Gasteiger partial charge in [-0.3, -0.25) is 9.34 Å². The van der Waals surface area contributed by atoms with Crippen molar-refractivity contribution >= 4 is 8.45 Å². The van der Waals surface area contributed by atoms with Crippen molar-refractivity contribution in [2.24, 2.45) is 11.3 Å². The van der Waals surface area contributed by atoms with Gasteiger partial charge in [-0.1, -0.05) is 41.5 Å². The van der Waals surface area contributed by atoms with Gasteiger partial charge in [-0.2, -0.15) is 0 Å². The van der Waals surface area contributed by atoms with E-state index in [0.29, 0.717) is 13.2 Å². The van der Waals surface area contributed by atoms with Crippen LogP contribution in [-0.2, 0) is 9.47 Å². The number of hydrogen-bond acceptors (Lipinski definition) is 5. The lowest BCUT2D eigenvalue weighted by atomic mass is 9.88. The van der Waals surface area contributed by atoms with Crippen molar-refractivity contribution < 1.29 is 14.4 Å². The molecule has 0 amide bonds. The summed E-state index contributed by atoms with van der Waals surface area (Å²) in [6.07, 6.45) is 0. The Kier molecular flexibility index (Phi) is 4.41. The molecular formula is C14H27N2O3P. The minimum absolute atomic E-state index is 0.0887. The smallest absolute Gasteiger partial charge is 0.259 e. The predicted octanol–water partition coefficient (Wildman–Crippen LogP) is 3.09. The number of hydrogen-bond donors (Lipinski definition) is 1. The minimum atomic E-state index is -1.31. The van der Waals surface area contributed by atoms with Crippen molar-refractivity contribution in [3.05, 3.63) is 11.8 Å². The Balaban J connectivity index is 0.000000328. The molecular weight excluding hydrogens is 275 g/mol. The fraction of sp³-hybridized carbons (Fsp3) is 0.857. The molecule has 0 aromatic carbocycles. The van der Waals surface area contributed by atoms with Gasteiger partial charge in [0, 0.05) is 0 Å². The van der Waals surface area contributed by atoms with Gasteiger partial charge in [0.25, 0.3) is 20.2 Å². The van der Waals surface area contributed by atoms with Crippen LogP contribution in [0.2, 0.25) is 0 Å². The largest absolute Gasteiger partial charge is 0.473 e. The van der Waals surface area contributed by atoms with Crippen molar-refractivity contribution in [3.63, 3.8) is 0 Å². The molecule has 2 fully saturated rings. The Morgan fingerprint density at radius 2 is 1.80 bits per heavy atom. The highest BCUT2D eigenvalue weighted by atomic mass is 31.2. The summed E-state index contributed by atoms with van der Waals surface area (Å²) in [7, 11) is -1.31. The second-order valence-corrected chi connectivity index (χ2v) is 8.57. The van der Waals surface area contributed by atoms with Crippen molar-refractivity contribution in [1.82, 2.24) is 9.34 Å². The second kappa shape index (κ2) is 5.61. The zero-order chi connectivity index (χ0) is 15.1. The molecule has 116 valence electrons. The highest BCUT2D eigenvalue weighted by Gasteiger charge is 2.53. The highest BCUT2D eigenvalue weighted by molar-refractivity contribution is 7.47. The first kappa shape index (κ1) is 15.7. The molecule has 2 atom stereocenters. The van der Waals surface area contributed by atoms with Crippen LogP contribution in [0.3, 0.4) is 0 Å². The maximum Gasteiger partial charge on any atom is 0.259 e. The van der Waals surface area contributed by atoms with Gasteiger partial charge in [-0.25, -0.2) is 0 Å². The van der Waals surface area contributed by atoms with E-state index in [4.69, 9.17) is 9.47 Å². The van der Waals surface area contributed by atoms with E-state index in [-0.39, 0.29) is 11.5 Å². The third-order valence-corrected chi connectivity index (χ3v) is 4.91. The molecule has 1 N–H and O–H groups in total. The summed E-state index contributed by atoms with van der Waals surface area (Å²) in [5.74, 6) is 2.31. The standard InChI is InChI=1S/C10H17N2O3P.C4H10/c1-10(2,3)7-6-15-9-8-11(4-5-14-8)16(13)12(7)9;1-4(2)3/h7,13H,4-6H2,1-3H3;4H,1-3H3. The maximum atomic E-state index is 10.3. The third kappa shape index (κ3) is 2.84. The minimum Gasteiger partial charge on any atom is -0.473 e. The molecule has 0 aromatic rings. The summed E-state index contributed by atoms with van der Waals surface area (Å²) in [6, 6.07) is 0.223. The van der Waals surface area contributed by atoms with E-state index in [1.807, 2.05) is 9.34 Å². The molecule has 0 radical (unpaired) electrons. The van der Waals surface area contributed by atoms with E-state index < -0.39 is 8.45 Å². The fourth-order valence-corrected chi connectivity index (χ4v) is 4.05. The van der Waals surface area contributed by atoms with Crippen molar-refractivity contribution in [1.29, 1.82) is 0 Å². The van der Waals surface area contributed by atoms with Crippen LogP contribution < -0.4 is 0 Å². The summed E-state index contributed by atoms with van der Waals surface area (Å²) in [6.45, 7) is 15.1. The molecule has 0 saturated carbocycles. The zero-order valence-electron chi connectivity index (χ0n) is 13.4. The molecule has 3 rings (SSSR count). The Morgan fingerprint density at radius 3 is 2.35 bits per heavy atom. The van der Waals surface area contributed by atoms with E-state index in [1.54, 1.807) is 0 Å². The fourth-order valence-electron chi connectivity index (χ4n) is 2.28. The molecule has 0 aliphatic carbocycles. The maximum absolute atomic E-state index is 10.3. The van der Waals surface area contributed by atoms with Crippen molar-refractivity contribution in [3.8, 4) is 0 Å². The molecule has 0 aromatic heterocycles. The van der Waals surface area contributed by atoms with Gasteiger partial charge < -0.3 is 14.4 Å². The van der Waals surface area contributed by atoms with Gasteiger partial charge in [0.05, 0.1) is 12.6 Å². The normalized spacial score (nSPS) is 28.0. The second-order valence-electron chi connectivity index (χ2n) is 7.12. The molecule has 2 saturated heterocycles. The molecule has 3 aliphatic rings. The Hall–Kier alpha value is -0.670. The summed E-state index contributed by atoms with van der Waals surface area (Å²) in [4.78, 5) is 10.3. The average Bonchev–Trinajstić information content (AvgIpc) is 2.95. The lowest BCUT2D eigenvalue weighted by Gasteiger charge is -2.34. The van der Waals surface area contributed by atoms with Crippen molar-refractivity contribution in [2.75, 3.05) is 19.8 Å². The van der Waals surface area contributed by atoms with Gasteiger partial charge in [0.15, 0.2) is 0 Å². The Bertz CT molecular complexity index is 390. The summed E-state index contributed by atoms with van der Waals surface area (Å²) in [5.41, 5.74) is 0.0887. The van der Waals surface area contributed by atoms with Crippen LogP contribution in [0.5, 0.6) is 0 Å². The van der Waals surface area contributed by atoms with Crippen LogP contribution >= 0.6 is 8.45 Å². The number of nitrogens with zero attached hydrogens (tertiary/aromatic N) is 2. The summed E-state index contributed by atoms with van der Waals surface area (Å²) < 4.78 is 15.1. The van der Waals surface area contributed by atoms with Crippen LogP contribution in [0.1, 0.15) is 41.5 Å². The molecule has 0 spiro atoms. The van der Waals surface area contributed by atoms with Crippen LogP contribution in [-0.4, -0.2) is 40.0 Å². The van der Waals surface area contributed by atoms with E-state index >= 15 is 0 Å². The highest BCUT2D eigenvalue weighted by Crippen LogP contribution is 2.59. The Morgan fingerprint density at radius 1 is 1.20 bits per heavy atom. The number of ether oxygens (including phenoxy) is 2. The monoisotopic (exact) mass is 302 g/mol. The first-order valence-corrected chi connectivity index (χ1v) is 8.49. The van der Waals surface area contributed by atoms with E-state index in [0.717, 1.165) is 24.2 Å². The molecule has 20 heavy (non-hydrogen) atoms. The zero-order valence-corrected chi connectivity index (χ0v) is 14.3. The van der Waals surface area contributed by atoms with Crippen LogP contribution in [0.25, 0.3) is 0 Å². The van der Waals surface area contributed by atoms with Gasteiger partial charge >= 0.3 is 0 Å². The molecule has 0 bridgehead atoms. The molecule has 3 heterocycles. The van der Waals surface area contributed by atoms with Gasteiger partial charge in [-0.15, -0.1) is 0 Å². The summed E-state index contributed by atoms with van der Waals surface area (Å²) in [5, 5.41) is 0.